The predicted octanol–water partition coefficient (Wildman–Crippen LogP) is 12.2. The van der Waals surface area contributed by atoms with Crippen LogP contribution in [0.15, 0.2) is 0 Å². The van der Waals surface area contributed by atoms with E-state index in [0.29, 0.717) is 43.8 Å². The summed E-state index contributed by atoms with van der Waals surface area (Å²) in [5, 5.41) is 0. The van der Waals surface area contributed by atoms with Crippen molar-refractivity contribution in [2.24, 2.45) is 17.8 Å². The van der Waals surface area contributed by atoms with Gasteiger partial charge < -0.3 is 9.47 Å². The largest absolute Gasteiger partial charge is 0.465 e. The maximum absolute atomic E-state index is 12.2. The minimum atomic E-state index is 0.00519. The second-order valence-corrected chi connectivity index (χ2v) is 13.1. The molecule has 42 heavy (non-hydrogen) atoms. The molecule has 0 rings (SSSR count). The third-order valence-electron chi connectivity index (χ3n) is 9.37. The molecule has 0 aliphatic carbocycles. The minimum Gasteiger partial charge on any atom is -0.465 e. The Hall–Kier alpha value is -1.06. The van der Waals surface area contributed by atoms with Crippen molar-refractivity contribution in [1.29, 1.82) is 0 Å². The van der Waals surface area contributed by atoms with Gasteiger partial charge in [0.2, 0.25) is 0 Å². The zero-order valence-electron chi connectivity index (χ0n) is 29.2. The van der Waals surface area contributed by atoms with E-state index in [9.17, 15) is 9.59 Å². The number of hydrogen-bond donors (Lipinski definition) is 0. The first-order valence-corrected chi connectivity index (χ1v) is 18.8. The summed E-state index contributed by atoms with van der Waals surface area (Å²) in [5.41, 5.74) is 0. The number of unbranched alkanes of at least 4 members (excludes halogenated alkanes) is 14. The van der Waals surface area contributed by atoms with Gasteiger partial charge in [-0.05, 0) is 43.4 Å². The predicted molar refractivity (Wildman–Crippen MR) is 181 cm³/mol. The first-order chi connectivity index (χ1) is 20.5. The standard InChI is InChI=1S/C38H74O4/c1-6-11-26-35(9-4)32-41-37(39)29-25-23-21-19-17-15-13-14-16-18-20-22-24-28-34(8-3)30-31-38(40)42-33-36(10-5)27-12-7-2/h34-36H,6-33H2,1-5H3. The molecular formula is C38H74O4. The Balaban J connectivity index is 3.53. The first kappa shape index (κ1) is 40.9. The molecule has 250 valence electrons. The van der Waals surface area contributed by atoms with Gasteiger partial charge in [0, 0.05) is 12.8 Å². The Bertz CT molecular complexity index is 590. The highest BCUT2D eigenvalue weighted by atomic mass is 16.5. The summed E-state index contributed by atoms with van der Waals surface area (Å²) in [6.45, 7) is 12.3. The molecule has 0 aromatic carbocycles. The fourth-order valence-electron chi connectivity index (χ4n) is 5.88. The number of esters is 2. The molecule has 0 bridgehead atoms. The van der Waals surface area contributed by atoms with Crippen molar-refractivity contribution in [3.05, 3.63) is 0 Å². The number of hydrogen-bond acceptors (Lipinski definition) is 4. The number of carbonyl (C=O) groups is 2. The van der Waals surface area contributed by atoms with E-state index >= 15 is 0 Å². The molecule has 0 spiro atoms. The lowest BCUT2D eigenvalue weighted by molar-refractivity contribution is -0.146. The van der Waals surface area contributed by atoms with Gasteiger partial charge in [-0.1, -0.05) is 163 Å². The molecule has 3 unspecified atom stereocenters. The van der Waals surface area contributed by atoms with Gasteiger partial charge in [-0.15, -0.1) is 0 Å². The van der Waals surface area contributed by atoms with Gasteiger partial charge in [-0.3, -0.25) is 9.59 Å². The third kappa shape index (κ3) is 26.6. The summed E-state index contributed by atoms with van der Waals surface area (Å²) in [4.78, 5) is 24.2. The monoisotopic (exact) mass is 595 g/mol. The van der Waals surface area contributed by atoms with Crippen LogP contribution in [0.1, 0.15) is 202 Å². The van der Waals surface area contributed by atoms with E-state index in [0.717, 1.165) is 32.1 Å². The molecule has 0 aliphatic heterocycles. The van der Waals surface area contributed by atoms with Crippen LogP contribution < -0.4 is 0 Å². The van der Waals surface area contributed by atoms with Gasteiger partial charge in [0.15, 0.2) is 0 Å². The van der Waals surface area contributed by atoms with E-state index in [4.69, 9.17) is 9.47 Å². The van der Waals surface area contributed by atoms with Crippen molar-refractivity contribution in [3.8, 4) is 0 Å². The van der Waals surface area contributed by atoms with Crippen LogP contribution in [0.3, 0.4) is 0 Å². The van der Waals surface area contributed by atoms with Gasteiger partial charge in [0.25, 0.3) is 0 Å². The van der Waals surface area contributed by atoms with E-state index in [1.54, 1.807) is 0 Å². The lowest BCUT2D eigenvalue weighted by atomic mass is 9.93. The Morgan fingerprint density at radius 3 is 1.17 bits per heavy atom. The molecular weight excluding hydrogens is 520 g/mol. The average Bonchev–Trinajstić information content (AvgIpc) is 3.00. The molecule has 0 fully saturated rings. The van der Waals surface area contributed by atoms with Crippen LogP contribution in [-0.4, -0.2) is 25.2 Å². The van der Waals surface area contributed by atoms with Crippen molar-refractivity contribution >= 4 is 11.9 Å². The molecule has 0 amide bonds. The van der Waals surface area contributed by atoms with Crippen molar-refractivity contribution in [2.45, 2.75) is 202 Å². The van der Waals surface area contributed by atoms with Crippen LogP contribution in [0.2, 0.25) is 0 Å². The Morgan fingerprint density at radius 2 is 0.762 bits per heavy atom. The first-order valence-electron chi connectivity index (χ1n) is 18.8. The highest BCUT2D eigenvalue weighted by molar-refractivity contribution is 5.69. The fourth-order valence-corrected chi connectivity index (χ4v) is 5.88. The Labute approximate surface area is 263 Å². The molecule has 0 aromatic rings. The summed E-state index contributed by atoms with van der Waals surface area (Å²) < 4.78 is 11.1. The smallest absolute Gasteiger partial charge is 0.305 e. The lowest BCUT2D eigenvalue weighted by Gasteiger charge is -2.16. The Kier molecular flexibility index (Phi) is 30.6. The van der Waals surface area contributed by atoms with Gasteiger partial charge in [-0.25, -0.2) is 0 Å². The molecule has 0 N–H and O–H groups in total. The van der Waals surface area contributed by atoms with E-state index in [-0.39, 0.29) is 11.9 Å². The van der Waals surface area contributed by atoms with E-state index < -0.39 is 0 Å². The van der Waals surface area contributed by atoms with Crippen LogP contribution in [-0.2, 0) is 19.1 Å². The SMILES string of the molecule is CCCCC(CC)COC(=O)CCCCCCCCCCCCCCCC(CC)CCC(=O)OCC(CC)CCCC. The zero-order chi connectivity index (χ0) is 31.1. The summed E-state index contributed by atoms with van der Waals surface area (Å²) in [5.74, 6) is 1.77. The molecule has 4 heteroatoms. The topological polar surface area (TPSA) is 52.6 Å². The highest BCUT2D eigenvalue weighted by Crippen LogP contribution is 2.21. The van der Waals surface area contributed by atoms with Gasteiger partial charge in [0.05, 0.1) is 13.2 Å². The molecule has 0 heterocycles. The average molecular weight is 595 g/mol. The van der Waals surface area contributed by atoms with Crippen molar-refractivity contribution in [1.82, 2.24) is 0 Å². The van der Waals surface area contributed by atoms with Crippen molar-refractivity contribution in [3.63, 3.8) is 0 Å². The van der Waals surface area contributed by atoms with E-state index in [2.05, 4.69) is 34.6 Å². The van der Waals surface area contributed by atoms with Crippen molar-refractivity contribution < 1.29 is 19.1 Å². The maximum atomic E-state index is 12.2. The Morgan fingerprint density at radius 1 is 0.405 bits per heavy atom. The fraction of sp³-hybridized carbons (Fsp3) is 0.947. The van der Waals surface area contributed by atoms with Crippen molar-refractivity contribution in [2.75, 3.05) is 13.2 Å². The van der Waals surface area contributed by atoms with Crippen LogP contribution in [0.4, 0.5) is 0 Å². The molecule has 0 saturated carbocycles. The molecule has 0 radical (unpaired) electrons. The molecule has 3 atom stereocenters. The summed E-state index contributed by atoms with van der Waals surface area (Å²) in [7, 11) is 0. The zero-order valence-corrected chi connectivity index (χ0v) is 29.2. The van der Waals surface area contributed by atoms with Gasteiger partial charge in [0.1, 0.15) is 0 Å². The van der Waals surface area contributed by atoms with Gasteiger partial charge in [-0.2, -0.15) is 0 Å². The highest BCUT2D eigenvalue weighted by Gasteiger charge is 2.13. The number of ether oxygens (including phenoxy) is 2. The summed E-state index contributed by atoms with van der Waals surface area (Å²) in [6, 6.07) is 0. The second-order valence-electron chi connectivity index (χ2n) is 13.1. The molecule has 0 aromatic heterocycles. The number of rotatable bonds is 32. The summed E-state index contributed by atoms with van der Waals surface area (Å²) in [6.07, 6.45) is 30.9. The van der Waals surface area contributed by atoms with E-state index in [1.807, 2.05) is 0 Å². The van der Waals surface area contributed by atoms with Crippen LogP contribution >= 0.6 is 0 Å². The van der Waals surface area contributed by atoms with E-state index in [1.165, 1.54) is 122 Å². The molecule has 0 saturated heterocycles. The molecule has 4 nitrogen and oxygen atoms in total. The summed E-state index contributed by atoms with van der Waals surface area (Å²) >= 11 is 0. The van der Waals surface area contributed by atoms with Gasteiger partial charge >= 0.3 is 11.9 Å². The van der Waals surface area contributed by atoms with Crippen LogP contribution in [0.25, 0.3) is 0 Å². The maximum Gasteiger partial charge on any atom is 0.305 e. The third-order valence-corrected chi connectivity index (χ3v) is 9.37. The van der Waals surface area contributed by atoms with Crippen LogP contribution in [0.5, 0.6) is 0 Å². The number of carbonyl (C=O) groups excluding carboxylic acids is 2. The normalized spacial score (nSPS) is 13.5. The quantitative estimate of drug-likeness (QED) is 0.0574. The molecule has 0 aliphatic rings. The minimum absolute atomic E-state index is 0.00519. The second kappa shape index (κ2) is 31.4. The van der Waals surface area contributed by atoms with Crippen LogP contribution in [0, 0.1) is 17.8 Å². The lowest BCUT2D eigenvalue weighted by Crippen LogP contribution is -2.14.